The molecule has 0 saturated heterocycles. The first-order valence-corrected chi connectivity index (χ1v) is 5.06. The number of nitrogens with zero attached hydrogens (tertiary/aromatic N) is 2. The second kappa shape index (κ2) is 5.50. The van der Waals surface area contributed by atoms with E-state index >= 15 is 0 Å². The van der Waals surface area contributed by atoms with E-state index in [0.29, 0.717) is 13.0 Å². The Morgan fingerprint density at radius 3 is 2.93 bits per heavy atom. The molecule has 1 heterocycles. The van der Waals surface area contributed by atoms with Crippen LogP contribution in [0.1, 0.15) is 25.2 Å². The molecule has 0 saturated carbocycles. The lowest BCUT2D eigenvalue weighted by molar-refractivity contribution is -0.120. The van der Waals surface area contributed by atoms with Crippen molar-refractivity contribution < 1.29 is 4.79 Å². The molecule has 2 N–H and O–H groups in total. The van der Waals surface area contributed by atoms with Crippen LogP contribution in [0, 0.1) is 0 Å². The second-order valence-corrected chi connectivity index (χ2v) is 3.50. The van der Waals surface area contributed by atoms with Gasteiger partial charge in [-0.3, -0.25) is 4.79 Å². The van der Waals surface area contributed by atoms with Gasteiger partial charge in [0.1, 0.15) is 5.82 Å². The maximum Gasteiger partial charge on any atom is 0.221 e. The zero-order valence-corrected chi connectivity index (χ0v) is 9.45. The SMILES string of the molecule is CNC(=O)CCNC(C)c1nccn1C. The van der Waals surface area contributed by atoms with E-state index in [1.807, 2.05) is 24.7 Å². The Morgan fingerprint density at radius 2 is 2.40 bits per heavy atom. The van der Waals surface area contributed by atoms with Gasteiger partial charge in [-0.2, -0.15) is 0 Å². The highest BCUT2D eigenvalue weighted by Gasteiger charge is 2.09. The van der Waals surface area contributed by atoms with Crippen LogP contribution in [0.25, 0.3) is 0 Å². The summed E-state index contributed by atoms with van der Waals surface area (Å²) in [5.74, 6) is 1.03. The van der Waals surface area contributed by atoms with E-state index < -0.39 is 0 Å². The highest BCUT2D eigenvalue weighted by Crippen LogP contribution is 2.07. The van der Waals surface area contributed by atoms with Crippen LogP contribution < -0.4 is 10.6 Å². The molecule has 0 bridgehead atoms. The molecule has 0 spiro atoms. The molecule has 0 aromatic carbocycles. The van der Waals surface area contributed by atoms with Crippen molar-refractivity contribution >= 4 is 5.91 Å². The summed E-state index contributed by atoms with van der Waals surface area (Å²) in [6.45, 7) is 2.69. The van der Waals surface area contributed by atoms with Crippen LogP contribution in [-0.2, 0) is 11.8 Å². The molecular formula is C10H18N4O. The third-order valence-corrected chi connectivity index (χ3v) is 2.33. The number of hydrogen-bond donors (Lipinski definition) is 2. The molecule has 1 unspecified atom stereocenters. The Hall–Kier alpha value is -1.36. The Morgan fingerprint density at radius 1 is 1.67 bits per heavy atom. The summed E-state index contributed by atoms with van der Waals surface area (Å²) in [5, 5.41) is 5.83. The standard InChI is InChI=1S/C10H18N4O/c1-8(10-13-6-7-14(10)3)12-5-4-9(15)11-2/h6-8,12H,4-5H2,1-3H3,(H,11,15). The first-order chi connectivity index (χ1) is 7.15. The molecule has 1 aromatic rings. The average molecular weight is 210 g/mol. The van der Waals surface area contributed by atoms with Crippen LogP contribution >= 0.6 is 0 Å². The molecule has 84 valence electrons. The molecule has 1 amide bonds. The minimum Gasteiger partial charge on any atom is -0.359 e. The quantitative estimate of drug-likeness (QED) is 0.730. The Kier molecular flexibility index (Phi) is 4.30. The highest BCUT2D eigenvalue weighted by molar-refractivity contribution is 5.75. The minimum absolute atomic E-state index is 0.0505. The molecule has 5 nitrogen and oxygen atoms in total. The van der Waals surface area contributed by atoms with Crippen molar-refractivity contribution in [3.05, 3.63) is 18.2 Å². The van der Waals surface area contributed by atoms with Gasteiger partial charge in [-0.25, -0.2) is 4.98 Å². The fraction of sp³-hybridized carbons (Fsp3) is 0.600. The zero-order chi connectivity index (χ0) is 11.3. The Labute approximate surface area is 89.9 Å². The van der Waals surface area contributed by atoms with Crippen molar-refractivity contribution in [1.82, 2.24) is 20.2 Å². The summed E-state index contributed by atoms with van der Waals surface area (Å²) in [6.07, 6.45) is 4.17. The van der Waals surface area contributed by atoms with Crippen LogP contribution in [-0.4, -0.2) is 29.1 Å². The number of amides is 1. The van der Waals surface area contributed by atoms with Gasteiger partial charge in [0.2, 0.25) is 5.91 Å². The minimum atomic E-state index is 0.0505. The van der Waals surface area contributed by atoms with E-state index in [2.05, 4.69) is 15.6 Å². The zero-order valence-electron chi connectivity index (χ0n) is 9.45. The van der Waals surface area contributed by atoms with Crippen molar-refractivity contribution in [1.29, 1.82) is 0 Å². The molecule has 0 aliphatic heterocycles. The topological polar surface area (TPSA) is 59.0 Å². The van der Waals surface area contributed by atoms with Crippen LogP contribution in [0.4, 0.5) is 0 Å². The first-order valence-electron chi connectivity index (χ1n) is 5.06. The fourth-order valence-electron chi connectivity index (χ4n) is 1.41. The number of aromatic nitrogens is 2. The number of hydrogen-bond acceptors (Lipinski definition) is 3. The molecule has 15 heavy (non-hydrogen) atoms. The van der Waals surface area contributed by atoms with E-state index in [1.54, 1.807) is 13.2 Å². The van der Waals surface area contributed by atoms with Crippen molar-refractivity contribution in [3.63, 3.8) is 0 Å². The Bertz CT molecular complexity index is 321. The number of aryl methyl sites for hydroxylation is 1. The summed E-state index contributed by atoms with van der Waals surface area (Å²) in [6, 6.07) is 0.162. The van der Waals surface area contributed by atoms with Gasteiger partial charge < -0.3 is 15.2 Å². The number of carbonyl (C=O) groups is 1. The number of imidazole rings is 1. The van der Waals surface area contributed by atoms with Gasteiger partial charge in [0.25, 0.3) is 0 Å². The fourth-order valence-corrected chi connectivity index (χ4v) is 1.41. The first kappa shape index (κ1) is 11.7. The third kappa shape index (κ3) is 3.36. The number of carbonyl (C=O) groups excluding carboxylic acids is 1. The third-order valence-electron chi connectivity index (χ3n) is 2.33. The molecule has 0 aliphatic carbocycles. The second-order valence-electron chi connectivity index (χ2n) is 3.50. The van der Waals surface area contributed by atoms with E-state index in [-0.39, 0.29) is 11.9 Å². The molecule has 0 fully saturated rings. The lowest BCUT2D eigenvalue weighted by atomic mass is 10.3. The van der Waals surface area contributed by atoms with Crippen molar-refractivity contribution in [2.45, 2.75) is 19.4 Å². The summed E-state index contributed by atoms with van der Waals surface area (Å²) < 4.78 is 1.97. The maximum absolute atomic E-state index is 11.0. The predicted molar refractivity (Wildman–Crippen MR) is 58.3 cm³/mol. The monoisotopic (exact) mass is 210 g/mol. The number of nitrogens with one attached hydrogen (secondary N) is 2. The molecular weight excluding hydrogens is 192 g/mol. The van der Waals surface area contributed by atoms with Gasteiger partial charge in [-0.1, -0.05) is 0 Å². The van der Waals surface area contributed by atoms with Gasteiger partial charge >= 0.3 is 0 Å². The lowest BCUT2D eigenvalue weighted by Crippen LogP contribution is -2.27. The van der Waals surface area contributed by atoms with Crippen LogP contribution in [0.3, 0.4) is 0 Å². The maximum atomic E-state index is 11.0. The van der Waals surface area contributed by atoms with Gasteiger partial charge in [0, 0.05) is 39.5 Å². The highest BCUT2D eigenvalue weighted by atomic mass is 16.1. The van der Waals surface area contributed by atoms with Crippen molar-refractivity contribution in [2.24, 2.45) is 7.05 Å². The summed E-state index contributed by atoms with van der Waals surface area (Å²) in [7, 11) is 3.60. The van der Waals surface area contributed by atoms with Gasteiger partial charge in [0.15, 0.2) is 0 Å². The molecule has 1 rings (SSSR count). The molecule has 1 atom stereocenters. The normalized spacial score (nSPS) is 12.5. The lowest BCUT2D eigenvalue weighted by Gasteiger charge is -2.13. The smallest absolute Gasteiger partial charge is 0.221 e. The van der Waals surface area contributed by atoms with Gasteiger partial charge in [-0.15, -0.1) is 0 Å². The van der Waals surface area contributed by atoms with Crippen LogP contribution in [0.5, 0.6) is 0 Å². The molecule has 5 heteroatoms. The van der Waals surface area contributed by atoms with E-state index in [9.17, 15) is 4.79 Å². The van der Waals surface area contributed by atoms with Crippen molar-refractivity contribution in [3.8, 4) is 0 Å². The predicted octanol–water partition coefficient (Wildman–Crippen LogP) is 0.207. The van der Waals surface area contributed by atoms with Gasteiger partial charge in [-0.05, 0) is 6.92 Å². The van der Waals surface area contributed by atoms with Crippen LogP contribution in [0.2, 0.25) is 0 Å². The molecule has 1 aromatic heterocycles. The van der Waals surface area contributed by atoms with E-state index in [1.165, 1.54) is 0 Å². The summed E-state index contributed by atoms with van der Waals surface area (Å²) >= 11 is 0. The van der Waals surface area contributed by atoms with Gasteiger partial charge in [0.05, 0.1) is 6.04 Å². The average Bonchev–Trinajstić information content (AvgIpc) is 2.64. The Balaban J connectivity index is 2.34. The summed E-state index contributed by atoms with van der Waals surface area (Å²) in [5.41, 5.74) is 0. The van der Waals surface area contributed by atoms with E-state index in [0.717, 1.165) is 5.82 Å². The van der Waals surface area contributed by atoms with E-state index in [4.69, 9.17) is 0 Å². The summed E-state index contributed by atoms with van der Waals surface area (Å²) in [4.78, 5) is 15.2. The molecule has 0 radical (unpaired) electrons. The van der Waals surface area contributed by atoms with Crippen LogP contribution in [0.15, 0.2) is 12.4 Å². The largest absolute Gasteiger partial charge is 0.359 e. The molecule has 0 aliphatic rings. The number of rotatable bonds is 5. The van der Waals surface area contributed by atoms with Crippen molar-refractivity contribution in [2.75, 3.05) is 13.6 Å².